The van der Waals surface area contributed by atoms with E-state index in [9.17, 15) is 43.3 Å². The van der Waals surface area contributed by atoms with Gasteiger partial charge in [-0.15, -0.1) is 0 Å². The molecule has 0 saturated carbocycles. The van der Waals surface area contributed by atoms with Crippen LogP contribution in [0.1, 0.15) is 43.7 Å². The zero-order valence-corrected chi connectivity index (χ0v) is 35.0. The van der Waals surface area contributed by atoms with Crippen LogP contribution in [0.2, 0.25) is 0 Å². The Hall–Kier alpha value is -5.64. The average molecular weight is 940 g/mol. The summed E-state index contributed by atoms with van der Waals surface area (Å²) in [5.74, 6) is -1.10. The minimum atomic E-state index is -5.20. The first-order valence-corrected chi connectivity index (χ1v) is 22.1. The summed E-state index contributed by atoms with van der Waals surface area (Å²) in [5.41, 5.74) is 26.5. The van der Waals surface area contributed by atoms with Crippen LogP contribution in [0.3, 0.4) is 0 Å². The number of imidazole rings is 1. The SMILES string of the molecule is [N-]=[N+]=Nc1ccccc1COC(=O)NCCCCC(N)C(=O)O[C@H]1[C@@H](O)[C@H](n2cnc3c(N)ncnc32)O[C@@H]1COP(=O)(O)O[C@H]1C[C@H](n2ccc(N)nc2=O)O[C@@H]1COP(=O)(O)O. The van der Waals surface area contributed by atoms with Gasteiger partial charge in [-0.05, 0) is 36.4 Å². The number of carbonyl (C=O) groups excluding carboxylic acids is 2. The number of hydrogen-bond acceptors (Lipinski definition) is 21. The Bertz CT molecular complexity index is 2500. The van der Waals surface area contributed by atoms with Crippen LogP contribution in [0.15, 0.2) is 59.1 Å². The van der Waals surface area contributed by atoms with Crippen molar-refractivity contribution < 1.29 is 71.0 Å². The molecule has 2 aliphatic heterocycles. The van der Waals surface area contributed by atoms with Crippen molar-refractivity contribution in [3.8, 4) is 0 Å². The molecule has 9 atom stereocenters. The van der Waals surface area contributed by atoms with Crippen molar-refractivity contribution in [3.63, 3.8) is 0 Å². The van der Waals surface area contributed by atoms with E-state index in [1.807, 2.05) is 0 Å². The van der Waals surface area contributed by atoms with Crippen LogP contribution in [-0.4, -0.2) is 117 Å². The number of ether oxygens (including phenoxy) is 4. The van der Waals surface area contributed by atoms with Crippen LogP contribution in [0, 0.1) is 0 Å². The van der Waals surface area contributed by atoms with Gasteiger partial charge in [-0.3, -0.25) is 27.5 Å². The van der Waals surface area contributed by atoms with E-state index >= 15 is 0 Å². The second-order valence-corrected chi connectivity index (χ2v) is 16.7. The molecule has 2 saturated heterocycles. The highest BCUT2D eigenvalue weighted by atomic mass is 31.2. The number of aliphatic hydroxyl groups excluding tert-OH is 1. The molecule has 2 unspecified atom stereocenters. The van der Waals surface area contributed by atoms with E-state index in [4.69, 9.17) is 50.7 Å². The molecular formula is C33H43N13O16P2. The molecule has 31 heteroatoms. The second kappa shape index (κ2) is 20.9. The molecule has 0 spiro atoms. The molecule has 11 N–H and O–H groups in total. The summed E-state index contributed by atoms with van der Waals surface area (Å²) >= 11 is 0. The number of phosphoric ester groups is 2. The van der Waals surface area contributed by atoms with Gasteiger partial charge in [0.15, 0.2) is 23.8 Å². The van der Waals surface area contributed by atoms with Crippen LogP contribution in [0.25, 0.3) is 21.6 Å². The van der Waals surface area contributed by atoms with Crippen molar-refractivity contribution in [2.24, 2.45) is 10.8 Å². The van der Waals surface area contributed by atoms with E-state index in [2.05, 4.69) is 39.8 Å². The molecule has 4 aromatic rings. The van der Waals surface area contributed by atoms with E-state index in [0.29, 0.717) is 24.1 Å². The standard InChI is InChI=1S/C33H43N13O16P2/c34-18(6-3-4-9-38-33(50)56-12-17-5-1-2-7-19(17)43-44-37)31(48)61-27-22(60-30(26(27)47)46-16-41-25-28(36)39-15-40-29(25)46)14-58-64(54,55)62-20-11-24(45-10-8-23(35)42-32(45)49)59-21(20)13-57-63(51,52)53/h1-2,5,7-8,10,15-16,18,20-22,24,26-27,30,47H,3-4,6,9,11-14,34H2,(H,38,50)(H,54,55)(H2,35,42,49)(H2,36,39,40)(H2,51,52,53)/t18?,20-,21+,22+,24+,26+,27+,30+/m0/s1. The number of aliphatic hydroxyl groups is 1. The zero-order chi connectivity index (χ0) is 46.2. The molecule has 0 bridgehead atoms. The van der Waals surface area contributed by atoms with Crippen molar-refractivity contribution in [2.45, 2.75) is 81.3 Å². The molecule has 2 aliphatic rings. The minimum absolute atomic E-state index is 0.00342. The Morgan fingerprint density at radius 2 is 1.81 bits per heavy atom. The molecule has 1 aromatic carbocycles. The number of unbranched alkanes of at least 4 members (excludes halogenated alkanes) is 1. The highest BCUT2D eigenvalue weighted by Gasteiger charge is 2.50. The number of phosphoric acid groups is 2. The van der Waals surface area contributed by atoms with Gasteiger partial charge in [0.2, 0.25) is 0 Å². The van der Waals surface area contributed by atoms with Gasteiger partial charge in [0, 0.05) is 29.8 Å². The first kappa shape index (κ1) is 47.8. The van der Waals surface area contributed by atoms with Gasteiger partial charge < -0.3 is 61.3 Å². The monoisotopic (exact) mass is 939 g/mol. The number of rotatable bonds is 20. The summed E-state index contributed by atoms with van der Waals surface area (Å²) < 4.78 is 64.8. The fourth-order valence-corrected chi connectivity index (χ4v) is 7.90. The van der Waals surface area contributed by atoms with Gasteiger partial charge in [0.1, 0.15) is 61.0 Å². The number of aromatic nitrogens is 6. The molecule has 64 heavy (non-hydrogen) atoms. The Labute approximate surface area is 360 Å². The maximum absolute atomic E-state index is 13.4. The van der Waals surface area contributed by atoms with E-state index in [-0.39, 0.29) is 48.8 Å². The van der Waals surface area contributed by atoms with Crippen molar-refractivity contribution in [1.29, 1.82) is 0 Å². The van der Waals surface area contributed by atoms with Crippen LogP contribution in [-0.2, 0) is 53.1 Å². The number of nitrogens with zero attached hydrogens (tertiary/aromatic N) is 9. The fraction of sp³-hybridized carbons (Fsp3) is 0.485. The molecule has 1 amide bonds. The van der Waals surface area contributed by atoms with E-state index in [0.717, 1.165) is 10.9 Å². The third-order valence-electron chi connectivity index (χ3n) is 9.66. The van der Waals surface area contributed by atoms with E-state index in [1.54, 1.807) is 24.3 Å². The van der Waals surface area contributed by atoms with Gasteiger partial charge in [-0.2, -0.15) is 4.98 Å². The number of nitrogens with two attached hydrogens (primary N) is 3. The lowest BCUT2D eigenvalue weighted by Crippen LogP contribution is -2.43. The molecular weight excluding hydrogens is 896 g/mol. The van der Waals surface area contributed by atoms with Gasteiger partial charge in [-0.1, -0.05) is 29.4 Å². The molecule has 6 rings (SSSR count). The number of hydrogen-bond donors (Lipinski definition) is 8. The Morgan fingerprint density at radius 1 is 1.05 bits per heavy atom. The van der Waals surface area contributed by atoms with Crippen LogP contribution < -0.4 is 28.2 Å². The zero-order valence-electron chi connectivity index (χ0n) is 33.2. The predicted molar refractivity (Wildman–Crippen MR) is 215 cm³/mol. The molecule has 2 fully saturated rings. The number of azide groups is 1. The third kappa shape index (κ3) is 12.3. The number of esters is 1. The normalized spacial score (nSPS) is 23.5. The smallest absolute Gasteiger partial charge is 0.455 e. The van der Waals surface area contributed by atoms with Gasteiger partial charge >= 0.3 is 33.4 Å². The molecule has 5 heterocycles. The predicted octanol–water partition coefficient (Wildman–Crippen LogP) is 0.683. The number of fused-ring (bicyclic) bond motifs is 1. The van der Waals surface area contributed by atoms with Crippen molar-refractivity contribution >= 4 is 56.2 Å². The lowest BCUT2D eigenvalue weighted by atomic mass is 10.1. The van der Waals surface area contributed by atoms with Crippen molar-refractivity contribution in [3.05, 3.63) is 75.7 Å². The summed E-state index contributed by atoms with van der Waals surface area (Å²) in [6, 6.07) is 6.58. The minimum Gasteiger partial charge on any atom is -0.455 e. The fourth-order valence-electron chi connectivity index (χ4n) is 6.59. The van der Waals surface area contributed by atoms with Crippen LogP contribution >= 0.6 is 15.6 Å². The highest BCUT2D eigenvalue weighted by Crippen LogP contribution is 2.50. The molecule has 29 nitrogen and oxygen atoms in total. The van der Waals surface area contributed by atoms with Gasteiger partial charge in [0.25, 0.3) is 0 Å². The average Bonchev–Trinajstić information content (AvgIpc) is 3.93. The molecule has 3 aromatic heterocycles. The quantitative estimate of drug-likeness (QED) is 0.0151. The largest absolute Gasteiger partial charge is 0.472 e. The number of alkyl carbamates (subject to hydrolysis) is 1. The molecule has 0 aliphatic carbocycles. The summed E-state index contributed by atoms with van der Waals surface area (Å²) in [6.45, 7) is -1.73. The number of benzene rings is 1. The van der Waals surface area contributed by atoms with E-state index < -0.39 is 95.6 Å². The van der Waals surface area contributed by atoms with Crippen molar-refractivity contribution in [1.82, 2.24) is 34.4 Å². The third-order valence-corrected chi connectivity index (χ3v) is 11.2. The number of carbonyl (C=O) groups is 2. The number of nitrogens with one attached hydrogen (secondary N) is 1. The Balaban J connectivity index is 1.08. The highest BCUT2D eigenvalue weighted by molar-refractivity contribution is 7.47. The topological polar surface area (TPSA) is 431 Å². The maximum Gasteiger partial charge on any atom is 0.472 e. The van der Waals surface area contributed by atoms with E-state index in [1.165, 1.54) is 23.2 Å². The number of anilines is 2. The Kier molecular flexibility index (Phi) is 15.6. The first-order chi connectivity index (χ1) is 30.4. The number of nitrogen functional groups attached to an aromatic ring is 2. The van der Waals surface area contributed by atoms with Crippen molar-refractivity contribution in [2.75, 3.05) is 31.2 Å². The molecule has 0 radical (unpaired) electrons. The molecule has 346 valence electrons. The summed E-state index contributed by atoms with van der Waals surface area (Å²) in [7, 11) is -10.3. The van der Waals surface area contributed by atoms with Crippen LogP contribution in [0.5, 0.6) is 0 Å². The summed E-state index contributed by atoms with van der Waals surface area (Å²) in [4.78, 5) is 86.0. The summed E-state index contributed by atoms with van der Waals surface area (Å²) in [6.07, 6.45) is -7.11. The lowest BCUT2D eigenvalue weighted by molar-refractivity contribution is -0.158. The van der Waals surface area contributed by atoms with Crippen LogP contribution in [0.4, 0.5) is 22.1 Å². The maximum atomic E-state index is 13.4. The lowest BCUT2D eigenvalue weighted by Gasteiger charge is -2.24. The Morgan fingerprint density at radius 3 is 2.56 bits per heavy atom. The summed E-state index contributed by atoms with van der Waals surface area (Å²) in [5, 5.41) is 17.6. The first-order valence-electron chi connectivity index (χ1n) is 19.0. The number of amides is 1. The van der Waals surface area contributed by atoms with Gasteiger partial charge in [-0.25, -0.2) is 33.7 Å². The second-order valence-electron chi connectivity index (χ2n) is 14.1. The van der Waals surface area contributed by atoms with Gasteiger partial charge in [0.05, 0.1) is 19.5 Å².